The van der Waals surface area contributed by atoms with Gasteiger partial charge in [0.15, 0.2) is 5.78 Å². The fourth-order valence-electron chi connectivity index (χ4n) is 1.40. The zero-order valence-electron chi connectivity index (χ0n) is 6.91. The van der Waals surface area contributed by atoms with E-state index < -0.39 is 0 Å². The van der Waals surface area contributed by atoms with Crippen LogP contribution in [0.3, 0.4) is 0 Å². The highest BCUT2D eigenvalue weighted by Gasteiger charge is 2.10. The quantitative estimate of drug-likeness (QED) is 0.637. The number of benzene rings is 1. The van der Waals surface area contributed by atoms with Crippen molar-refractivity contribution in [3.8, 4) is 0 Å². The summed E-state index contributed by atoms with van der Waals surface area (Å²) < 4.78 is 0. The average Bonchev–Trinajstić information content (AvgIpc) is 2.17. The number of allylic oxidation sites excluding steroid dienone is 1. The number of hydrogen-bond acceptors (Lipinski definition) is 2. The zero-order chi connectivity index (χ0) is 9.26. The van der Waals surface area contributed by atoms with Crippen molar-refractivity contribution in [2.75, 3.05) is 0 Å². The minimum Gasteiger partial charge on any atom is -0.294 e. The second kappa shape index (κ2) is 2.98. The van der Waals surface area contributed by atoms with Gasteiger partial charge in [-0.1, -0.05) is 18.2 Å². The summed E-state index contributed by atoms with van der Waals surface area (Å²) in [4.78, 5) is 21.4. The van der Waals surface area contributed by atoms with Crippen molar-refractivity contribution in [2.24, 2.45) is 0 Å². The van der Waals surface area contributed by atoms with Crippen LogP contribution in [0.4, 0.5) is 0 Å². The summed E-state index contributed by atoms with van der Waals surface area (Å²) in [5, 5.41) is 0. The van der Waals surface area contributed by atoms with Crippen LogP contribution in [0.25, 0.3) is 6.08 Å². The van der Waals surface area contributed by atoms with Gasteiger partial charge in [-0.3, -0.25) is 9.59 Å². The van der Waals surface area contributed by atoms with E-state index in [-0.39, 0.29) is 5.78 Å². The third kappa shape index (κ3) is 1.43. The van der Waals surface area contributed by atoms with Gasteiger partial charge in [-0.25, -0.2) is 0 Å². The molecule has 13 heavy (non-hydrogen) atoms. The number of ketones is 1. The lowest BCUT2D eigenvalue weighted by molar-refractivity contribution is -0.114. The highest BCUT2D eigenvalue weighted by atomic mass is 16.1. The first-order valence-corrected chi connectivity index (χ1v) is 4.01. The van der Waals surface area contributed by atoms with Gasteiger partial charge in [0.2, 0.25) is 6.29 Å². The first-order valence-electron chi connectivity index (χ1n) is 4.01. The maximum absolute atomic E-state index is 11.0. The van der Waals surface area contributed by atoms with Crippen LogP contribution in [0.15, 0.2) is 24.3 Å². The van der Waals surface area contributed by atoms with Crippen molar-refractivity contribution >= 4 is 18.1 Å². The highest BCUT2D eigenvalue weighted by Crippen LogP contribution is 2.18. The molecule has 0 spiro atoms. The van der Waals surface area contributed by atoms with Crippen LogP contribution in [0.5, 0.6) is 0 Å². The van der Waals surface area contributed by atoms with E-state index in [0.29, 0.717) is 12.0 Å². The summed E-state index contributed by atoms with van der Waals surface area (Å²) in [5.41, 5.74) is 2.45. The largest absolute Gasteiger partial charge is 0.294 e. The molecule has 2 heteroatoms. The summed E-state index contributed by atoms with van der Waals surface area (Å²) in [6.45, 7) is 0. The maximum Gasteiger partial charge on any atom is 0.233 e. The third-order valence-electron chi connectivity index (χ3n) is 2.08. The molecule has 1 aromatic carbocycles. The molecule has 1 aliphatic carbocycles. The second-order valence-corrected chi connectivity index (χ2v) is 2.99. The van der Waals surface area contributed by atoms with Gasteiger partial charge in [0.05, 0.1) is 0 Å². The molecule has 1 radical (unpaired) electrons. The van der Waals surface area contributed by atoms with E-state index in [1.807, 2.05) is 6.29 Å². The number of carbonyl (C=O) groups is 1. The number of carbonyl (C=O) groups excluding carboxylic acids is 2. The fourth-order valence-corrected chi connectivity index (χ4v) is 1.40. The Morgan fingerprint density at radius 2 is 2.08 bits per heavy atom. The van der Waals surface area contributed by atoms with Gasteiger partial charge in [0.25, 0.3) is 0 Å². The summed E-state index contributed by atoms with van der Waals surface area (Å²) in [7, 11) is 0. The number of fused-ring (bicyclic) bond motifs is 1. The van der Waals surface area contributed by atoms with E-state index in [9.17, 15) is 9.59 Å². The molecular formula is C11H7O2. The van der Waals surface area contributed by atoms with E-state index in [0.717, 1.165) is 11.1 Å². The molecule has 0 atom stereocenters. The first-order chi connectivity index (χ1) is 6.29. The molecule has 0 saturated heterocycles. The molecule has 1 aromatic rings. The van der Waals surface area contributed by atoms with Crippen molar-refractivity contribution in [1.29, 1.82) is 0 Å². The van der Waals surface area contributed by atoms with Gasteiger partial charge in [0.1, 0.15) is 0 Å². The van der Waals surface area contributed by atoms with Gasteiger partial charge >= 0.3 is 0 Å². The van der Waals surface area contributed by atoms with Crippen molar-refractivity contribution in [1.82, 2.24) is 0 Å². The Morgan fingerprint density at radius 3 is 2.85 bits per heavy atom. The molecule has 0 aliphatic heterocycles. The van der Waals surface area contributed by atoms with Gasteiger partial charge < -0.3 is 0 Å². The van der Waals surface area contributed by atoms with Gasteiger partial charge in [-0.05, 0) is 23.3 Å². The predicted molar refractivity (Wildman–Crippen MR) is 49.0 cm³/mol. The van der Waals surface area contributed by atoms with Crippen LogP contribution in [0.1, 0.15) is 16.7 Å². The Hall–Kier alpha value is -1.70. The average molecular weight is 171 g/mol. The molecule has 1 aliphatic rings. The molecule has 0 bridgehead atoms. The molecule has 0 fully saturated rings. The van der Waals surface area contributed by atoms with Crippen molar-refractivity contribution < 1.29 is 9.59 Å². The molecule has 0 saturated carbocycles. The minimum absolute atomic E-state index is 0.107. The van der Waals surface area contributed by atoms with Crippen molar-refractivity contribution in [2.45, 2.75) is 6.42 Å². The molecule has 0 aromatic heterocycles. The third-order valence-corrected chi connectivity index (χ3v) is 2.08. The standard InChI is InChI=1S/C11H7O2/c12-7-8-1-2-10-6-11(13)4-3-9(10)5-8/h1-5H,6H2. The van der Waals surface area contributed by atoms with E-state index in [2.05, 4.69) is 0 Å². The molecular weight excluding hydrogens is 164 g/mol. The topological polar surface area (TPSA) is 34.1 Å². The molecule has 2 rings (SSSR count). The Morgan fingerprint density at radius 1 is 1.23 bits per heavy atom. The van der Waals surface area contributed by atoms with Crippen LogP contribution in [-0.4, -0.2) is 12.1 Å². The first kappa shape index (κ1) is 7.92. The SMILES string of the molecule is O=[C]c1ccc2c(c1)C=CC(=O)C2. The molecule has 0 amide bonds. The second-order valence-electron chi connectivity index (χ2n) is 2.99. The lowest BCUT2D eigenvalue weighted by atomic mass is 9.95. The smallest absolute Gasteiger partial charge is 0.233 e. The van der Waals surface area contributed by atoms with Crippen molar-refractivity contribution in [3.63, 3.8) is 0 Å². The van der Waals surface area contributed by atoms with Crippen LogP contribution in [-0.2, 0) is 16.0 Å². The van der Waals surface area contributed by atoms with Crippen molar-refractivity contribution in [3.05, 3.63) is 41.0 Å². The summed E-state index contributed by atoms with van der Waals surface area (Å²) in [6, 6.07) is 5.22. The highest BCUT2D eigenvalue weighted by molar-refractivity contribution is 5.98. The predicted octanol–water partition coefficient (Wildman–Crippen LogP) is 1.28. The molecule has 0 unspecified atom stereocenters. The Bertz CT molecular complexity index is 403. The molecule has 2 nitrogen and oxygen atoms in total. The van der Waals surface area contributed by atoms with E-state index in [1.54, 1.807) is 24.3 Å². The van der Waals surface area contributed by atoms with Crippen LogP contribution in [0.2, 0.25) is 0 Å². The van der Waals surface area contributed by atoms with Gasteiger partial charge in [-0.15, -0.1) is 0 Å². The summed E-state index contributed by atoms with van der Waals surface area (Å²) >= 11 is 0. The lowest BCUT2D eigenvalue weighted by Crippen LogP contribution is -2.05. The van der Waals surface area contributed by atoms with Crippen LogP contribution in [0, 0.1) is 0 Å². The fraction of sp³-hybridized carbons (Fsp3) is 0.0909. The molecule has 0 heterocycles. The van der Waals surface area contributed by atoms with E-state index in [4.69, 9.17) is 0 Å². The van der Waals surface area contributed by atoms with Crippen LogP contribution >= 0.6 is 0 Å². The minimum atomic E-state index is 0.107. The monoisotopic (exact) mass is 171 g/mol. The zero-order valence-corrected chi connectivity index (χ0v) is 6.91. The Labute approximate surface area is 75.9 Å². The lowest BCUT2D eigenvalue weighted by Gasteiger charge is -2.08. The summed E-state index contributed by atoms with van der Waals surface area (Å²) in [6.07, 6.45) is 5.53. The van der Waals surface area contributed by atoms with Gasteiger partial charge in [-0.2, -0.15) is 0 Å². The van der Waals surface area contributed by atoms with E-state index >= 15 is 0 Å². The number of rotatable bonds is 1. The normalized spacial score (nSPS) is 14.0. The maximum atomic E-state index is 11.0. The van der Waals surface area contributed by atoms with Gasteiger partial charge in [0, 0.05) is 12.0 Å². The molecule has 63 valence electrons. The van der Waals surface area contributed by atoms with E-state index in [1.165, 1.54) is 6.08 Å². The summed E-state index contributed by atoms with van der Waals surface area (Å²) in [5.74, 6) is 0.107. The van der Waals surface area contributed by atoms with Crippen LogP contribution < -0.4 is 0 Å². The Balaban J connectivity index is 2.51. The molecule has 0 N–H and O–H groups in total. The Kier molecular flexibility index (Phi) is 1.81. The number of hydrogen-bond donors (Lipinski definition) is 0.